The first-order chi connectivity index (χ1) is 9.24. The molecule has 1 aliphatic rings. The van der Waals surface area contributed by atoms with E-state index in [4.69, 9.17) is 5.73 Å². The minimum Gasteiger partial charge on any atom is -0.369 e. The van der Waals surface area contributed by atoms with Gasteiger partial charge in [0.2, 0.25) is 5.95 Å². The lowest BCUT2D eigenvalue weighted by Gasteiger charge is -2.21. The Morgan fingerprint density at radius 2 is 2.00 bits per heavy atom. The Kier molecular flexibility index (Phi) is 3.40. The zero-order chi connectivity index (χ0) is 13.2. The largest absolute Gasteiger partial charge is 0.369 e. The molecule has 0 unspecified atom stereocenters. The van der Waals surface area contributed by atoms with E-state index in [0.717, 1.165) is 29.3 Å². The Hall–Kier alpha value is -1.58. The number of hydrogen-bond acceptors (Lipinski definition) is 3. The summed E-state index contributed by atoms with van der Waals surface area (Å²) >= 11 is 0. The fourth-order valence-electron chi connectivity index (χ4n) is 3.12. The van der Waals surface area contributed by atoms with Crippen LogP contribution in [0.1, 0.15) is 44.2 Å². The third-order valence-corrected chi connectivity index (χ3v) is 4.25. The van der Waals surface area contributed by atoms with Crippen molar-refractivity contribution >= 4 is 17.1 Å². The van der Waals surface area contributed by atoms with E-state index in [1.54, 1.807) is 0 Å². The third kappa shape index (κ3) is 2.57. The van der Waals surface area contributed by atoms with E-state index in [0.29, 0.717) is 5.95 Å². The van der Waals surface area contributed by atoms with Gasteiger partial charge in [0.25, 0.3) is 0 Å². The van der Waals surface area contributed by atoms with E-state index in [2.05, 4.69) is 14.5 Å². The van der Waals surface area contributed by atoms with Crippen molar-refractivity contribution in [3.63, 3.8) is 0 Å². The Morgan fingerprint density at radius 1 is 1.21 bits per heavy atom. The topological polar surface area (TPSA) is 56.7 Å². The maximum atomic E-state index is 6.03. The fraction of sp³-hybridized carbons (Fsp3) is 0.600. The summed E-state index contributed by atoms with van der Waals surface area (Å²) in [5.41, 5.74) is 8.90. The molecule has 2 aromatic rings. The second-order valence-corrected chi connectivity index (χ2v) is 5.71. The number of anilines is 1. The molecule has 0 bridgehead atoms. The van der Waals surface area contributed by atoms with Gasteiger partial charge in [0.1, 0.15) is 5.52 Å². The van der Waals surface area contributed by atoms with Gasteiger partial charge < -0.3 is 5.73 Å². The Labute approximate surface area is 114 Å². The first-order valence-corrected chi connectivity index (χ1v) is 7.33. The lowest BCUT2D eigenvalue weighted by molar-refractivity contribution is 0.326. The highest BCUT2D eigenvalue weighted by Gasteiger charge is 2.15. The van der Waals surface area contributed by atoms with Crippen LogP contribution in [-0.2, 0) is 6.54 Å². The molecule has 0 aromatic carbocycles. The Bertz CT molecular complexity index is 567. The second kappa shape index (κ2) is 5.19. The van der Waals surface area contributed by atoms with Crippen LogP contribution in [0.3, 0.4) is 0 Å². The van der Waals surface area contributed by atoms with Crippen LogP contribution >= 0.6 is 0 Å². The smallest absolute Gasteiger partial charge is 0.202 e. The number of nitrogen functional groups attached to an aromatic ring is 1. The molecule has 0 aliphatic heterocycles. The highest BCUT2D eigenvalue weighted by molar-refractivity contribution is 5.74. The van der Waals surface area contributed by atoms with Gasteiger partial charge in [-0.05, 0) is 31.4 Å². The van der Waals surface area contributed by atoms with Crippen molar-refractivity contribution in [2.75, 3.05) is 5.73 Å². The molecular formula is C15H22N4. The van der Waals surface area contributed by atoms with Gasteiger partial charge in [-0.15, -0.1) is 0 Å². The number of pyridine rings is 1. The molecule has 1 fully saturated rings. The molecule has 0 amide bonds. The molecule has 0 spiro atoms. The van der Waals surface area contributed by atoms with Gasteiger partial charge in [-0.1, -0.05) is 32.1 Å². The fourth-order valence-corrected chi connectivity index (χ4v) is 3.12. The van der Waals surface area contributed by atoms with Crippen LogP contribution < -0.4 is 5.73 Å². The zero-order valence-electron chi connectivity index (χ0n) is 11.6. The van der Waals surface area contributed by atoms with Crippen molar-refractivity contribution in [2.24, 2.45) is 5.92 Å². The molecule has 2 aromatic heterocycles. The maximum Gasteiger partial charge on any atom is 0.202 e. The van der Waals surface area contributed by atoms with Crippen LogP contribution in [-0.4, -0.2) is 14.5 Å². The van der Waals surface area contributed by atoms with Gasteiger partial charge in [-0.25, -0.2) is 9.97 Å². The molecule has 4 nitrogen and oxygen atoms in total. The minimum atomic E-state index is 0.601. The molecule has 1 aliphatic carbocycles. The molecule has 4 heteroatoms. The van der Waals surface area contributed by atoms with Crippen LogP contribution in [0.25, 0.3) is 11.2 Å². The quantitative estimate of drug-likeness (QED) is 0.919. The average molecular weight is 258 g/mol. The predicted octanol–water partition coefficient (Wildman–Crippen LogP) is 3.29. The summed E-state index contributed by atoms with van der Waals surface area (Å²) in [5, 5.41) is 0. The van der Waals surface area contributed by atoms with E-state index in [1.165, 1.54) is 38.5 Å². The van der Waals surface area contributed by atoms with E-state index in [-0.39, 0.29) is 0 Å². The predicted molar refractivity (Wildman–Crippen MR) is 77.9 cm³/mol. The first-order valence-electron chi connectivity index (χ1n) is 7.33. The van der Waals surface area contributed by atoms with Crippen molar-refractivity contribution in [2.45, 2.75) is 52.0 Å². The molecule has 0 atom stereocenters. The molecular weight excluding hydrogens is 236 g/mol. The number of imidazole rings is 1. The van der Waals surface area contributed by atoms with Gasteiger partial charge in [-0.2, -0.15) is 0 Å². The molecule has 1 saturated carbocycles. The summed E-state index contributed by atoms with van der Waals surface area (Å²) in [6.45, 7) is 2.96. The average Bonchev–Trinajstić information content (AvgIpc) is 2.73. The van der Waals surface area contributed by atoms with Crippen molar-refractivity contribution in [1.29, 1.82) is 0 Å². The second-order valence-electron chi connectivity index (χ2n) is 5.71. The van der Waals surface area contributed by atoms with Crippen LogP contribution in [0.4, 0.5) is 5.95 Å². The monoisotopic (exact) mass is 258 g/mol. The van der Waals surface area contributed by atoms with Crippen LogP contribution in [0.15, 0.2) is 12.1 Å². The molecule has 19 heavy (non-hydrogen) atoms. The summed E-state index contributed by atoms with van der Waals surface area (Å²) in [7, 11) is 0. The van der Waals surface area contributed by atoms with Crippen LogP contribution in [0, 0.1) is 12.8 Å². The van der Waals surface area contributed by atoms with Crippen molar-refractivity contribution in [1.82, 2.24) is 14.5 Å². The normalized spacial score (nSPS) is 17.1. The molecule has 2 N–H and O–H groups in total. The number of rotatable bonds is 3. The van der Waals surface area contributed by atoms with E-state index >= 15 is 0 Å². The zero-order valence-corrected chi connectivity index (χ0v) is 11.6. The summed E-state index contributed by atoms with van der Waals surface area (Å²) in [5.74, 6) is 1.46. The highest BCUT2D eigenvalue weighted by atomic mass is 15.2. The Balaban J connectivity index is 1.79. The Morgan fingerprint density at radius 3 is 2.79 bits per heavy atom. The summed E-state index contributed by atoms with van der Waals surface area (Å²) < 4.78 is 2.08. The lowest BCUT2D eigenvalue weighted by Crippen LogP contribution is -2.12. The van der Waals surface area contributed by atoms with Gasteiger partial charge in [0.05, 0.1) is 0 Å². The van der Waals surface area contributed by atoms with Crippen molar-refractivity contribution < 1.29 is 0 Å². The number of aromatic nitrogens is 3. The number of nitrogens with two attached hydrogens (primary N) is 1. The number of nitrogens with zero attached hydrogens (tertiary/aromatic N) is 3. The standard InChI is InChI=1S/C15H22N4/c1-11-7-8-13-14(17-11)19(15(16)18-13)10-9-12-5-3-2-4-6-12/h7-8,12H,2-6,9-10H2,1H3,(H2,16,18). The minimum absolute atomic E-state index is 0.601. The number of hydrogen-bond donors (Lipinski definition) is 1. The summed E-state index contributed by atoms with van der Waals surface area (Å²) in [6.07, 6.45) is 8.14. The lowest BCUT2D eigenvalue weighted by atomic mass is 9.87. The number of fused-ring (bicyclic) bond motifs is 1. The van der Waals surface area contributed by atoms with Crippen molar-refractivity contribution in [3.8, 4) is 0 Å². The van der Waals surface area contributed by atoms with Gasteiger partial charge >= 0.3 is 0 Å². The summed E-state index contributed by atoms with van der Waals surface area (Å²) in [6, 6.07) is 3.99. The van der Waals surface area contributed by atoms with Gasteiger partial charge in [0.15, 0.2) is 5.65 Å². The van der Waals surface area contributed by atoms with Crippen LogP contribution in [0.5, 0.6) is 0 Å². The molecule has 2 heterocycles. The van der Waals surface area contributed by atoms with Crippen molar-refractivity contribution in [3.05, 3.63) is 17.8 Å². The van der Waals surface area contributed by atoms with E-state index < -0.39 is 0 Å². The summed E-state index contributed by atoms with van der Waals surface area (Å²) in [4.78, 5) is 8.98. The first kappa shape index (κ1) is 12.5. The highest BCUT2D eigenvalue weighted by Crippen LogP contribution is 2.27. The SMILES string of the molecule is Cc1ccc2nc(N)n(CCC3CCCCC3)c2n1. The third-order valence-electron chi connectivity index (χ3n) is 4.25. The van der Waals surface area contributed by atoms with E-state index in [9.17, 15) is 0 Å². The van der Waals surface area contributed by atoms with Gasteiger partial charge in [-0.3, -0.25) is 4.57 Å². The molecule has 102 valence electrons. The van der Waals surface area contributed by atoms with Gasteiger partial charge in [0, 0.05) is 12.2 Å². The number of aryl methyl sites for hydroxylation is 2. The molecule has 3 rings (SSSR count). The van der Waals surface area contributed by atoms with E-state index in [1.807, 2.05) is 19.1 Å². The van der Waals surface area contributed by atoms with Crippen LogP contribution in [0.2, 0.25) is 0 Å². The molecule has 0 radical (unpaired) electrons. The maximum absolute atomic E-state index is 6.03. The molecule has 0 saturated heterocycles.